The summed E-state index contributed by atoms with van der Waals surface area (Å²) < 4.78 is 12.2. The fraction of sp³-hybridized carbons (Fsp3) is 0.364. The first kappa shape index (κ1) is 25.2. The standard InChI is InChI=1S/C22H18Br5NO3/c1-20(2)16(18(24)22(25,26)27)17(20)19(29)31-21(12-28,13-6-4-3-5-7-13)30-15-10-8-14(23)9-11-15/h3-11,16-18H,1-2H3/t16-,17+,18?,21?/m1/s1. The predicted molar refractivity (Wildman–Crippen MR) is 138 cm³/mol. The third kappa shape index (κ3) is 5.40. The minimum absolute atomic E-state index is 0.0435. The topological polar surface area (TPSA) is 59.3 Å². The van der Waals surface area contributed by atoms with Gasteiger partial charge in [0.25, 0.3) is 0 Å². The summed E-state index contributed by atoms with van der Waals surface area (Å²) in [6.45, 7) is 4.01. The van der Waals surface area contributed by atoms with Gasteiger partial charge in [-0.2, -0.15) is 5.26 Å². The number of alkyl halides is 4. The van der Waals surface area contributed by atoms with Crippen molar-refractivity contribution in [1.29, 1.82) is 5.26 Å². The number of halogens is 5. The van der Waals surface area contributed by atoms with Gasteiger partial charge in [0, 0.05) is 4.47 Å². The molecule has 3 rings (SSSR count). The number of rotatable bonds is 6. The molecule has 4 atom stereocenters. The molecule has 4 nitrogen and oxygen atoms in total. The summed E-state index contributed by atoms with van der Waals surface area (Å²) in [5.74, 6) is -2.46. The molecule has 0 saturated heterocycles. The van der Waals surface area contributed by atoms with Gasteiger partial charge in [-0.25, -0.2) is 0 Å². The molecule has 0 aromatic heterocycles. The molecule has 1 aliphatic carbocycles. The van der Waals surface area contributed by atoms with Crippen molar-refractivity contribution in [2.45, 2.75) is 26.6 Å². The quantitative estimate of drug-likeness (QED) is 0.174. The van der Waals surface area contributed by atoms with Crippen LogP contribution in [0.25, 0.3) is 0 Å². The fourth-order valence-electron chi connectivity index (χ4n) is 3.66. The molecule has 0 N–H and O–H groups in total. The minimum Gasteiger partial charge on any atom is -0.437 e. The second-order valence-electron chi connectivity index (χ2n) is 7.84. The Hall–Kier alpha value is -0.400. The number of carbonyl (C=O) groups is 1. The first-order valence-electron chi connectivity index (χ1n) is 9.27. The average molecular weight is 744 g/mol. The summed E-state index contributed by atoms with van der Waals surface area (Å²) in [6, 6.07) is 17.9. The maximum atomic E-state index is 13.3. The van der Waals surface area contributed by atoms with Crippen LogP contribution in [0.3, 0.4) is 0 Å². The summed E-state index contributed by atoms with van der Waals surface area (Å²) in [6.07, 6.45) is 0. The first-order chi connectivity index (χ1) is 14.4. The lowest BCUT2D eigenvalue weighted by atomic mass is 10.1. The van der Waals surface area contributed by atoms with E-state index in [1.54, 1.807) is 48.5 Å². The van der Waals surface area contributed by atoms with Crippen molar-refractivity contribution in [1.82, 2.24) is 0 Å². The fourth-order valence-corrected chi connectivity index (χ4v) is 5.76. The van der Waals surface area contributed by atoms with Crippen LogP contribution in [0.4, 0.5) is 0 Å². The van der Waals surface area contributed by atoms with Crippen molar-refractivity contribution in [3.63, 3.8) is 0 Å². The lowest BCUT2D eigenvalue weighted by molar-refractivity contribution is -0.186. The molecule has 0 aliphatic heterocycles. The largest absolute Gasteiger partial charge is 0.437 e. The van der Waals surface area contributed by atoms with Crippen LogP contribution in [0.2, 0.25) is 0 Å². The van der Waals surface area contributed by atoms with E-state index in [1.165, 1.54) is 0 Å². The van der Waals surface area contributed by atoms with E-state index in [1.807, 2.05) is 19.9 Å². The molecular formula is C22H18Br5NO3. The van der Waals surface area contributed by atoms with Gasteiger partial charge in [-0.05, 0) is 35.6 Å². The number of ether oxygens (including phenoxy) is 2. The molecule has 0 radical (unpaired) electrons. The van der Waals surface area contributed by atoms with Crippen molar-refractivity contribution < 1.29 is 14.3 Å². The Bertz CT molecular complexity index is 985. The highest BCUT2D eigenvalue weighted by Crippen LogP contribution is 2.66. The maximum Gasteiger partial charge on any atom is 0.372 e. The normalized spacial score (nSPS) is 22.5. The Morgan fingerprint density at radius 2 is 1.68 bits per heavy atom. The zero-order chi connectivity index (χ0) is 23.0. The number of hydrogen-bond acceptors (Lipinski definition) is 4. The Morgan fingerprint density at radius 3 is 2.19 bits per heavy atom. The second kappa shape index (κ2) is 9.46. The zero-order valence-electron chi connectivity index (χ0n) is 16.5. The summed E-state index contributed by atoms with van der Waals surface area (Å²) in [5, 5.41) is 10.1. The molecule has 0 spiro atoms. The van der Waals surface area contributed by atoms with Gasteiger partial charge in [0.1, 0.15) is 7.89 Å². The SMILES string of the molecule is CC1(C)[C@H](C(=O)OC(C#N)(Oc2ccc(Br)cc2)c2ccccc2)[C@@H]1C(Br)C(Br)(Br)Br. The van der Waals surface area contributed by atoms with Crippen LogP contribution in [0.15, 0.2) is 59.1 Å². The van der Waals surface area contributed by atoms with Crippen LogP contribution >= 0.6 is 79.6 Å². The molecule has 1 aliphatic rings. The number of nitriles is 1. The van der Waals surface area contributed by atoms with Crippen molar-refractivity contribution >= 4 is 85.6 Å². The van der Waals surface area contributed by atoms with Gasteiger partial charge in [0.15, 0.2) is 6.07 Å². The monoisotopic (exact) mass is 739 g/mol. The average Bonchev–Trinajstić information content (AvgIpc) is 3.30. The molecule has 2 aromatic carbocycles. The molecule has 2 aromatic rings. The van der Waals surface area contributed by atoms with E-state index in [-0.39, 0.29) is 16.2 Å². The Labute approximate surface area is 223 Å². The predicted octanol–water partition coefficient (Wildman–Crippen LogP) is 7.62. The maximum absolute atomic E-state index is 13.3. The van der Waals surface area contributed by atoms with E-state index in [0.717, 1.165) is 4.47 Å². The Kier molecular flexibility index (Phi) is 7.70. The van der Waals surface area contributed by atoms with Gasteiger partial charge < -0.3 is 9.47 Å². The van der Waals surface area contributed by atoms with Crippen LogP contribution in [0.1, 0.15) is 19.4 Å². The molecule has 1 fully saturated rings. The Morgan fingerprint density at radius 1 is 1.10 bits per heavy atom. The van der Waals surface area contributed by atoms with Gasteiger partial charge in [-0.15, -0.1) is 0 Å². The van der Waals surface area contributed by atoms with E-state index in [9.17, 15) is 10.1 Å². The van der Waals surface area contributed by atoms with E-state index < -0.39 is 19.8 Å². The molecule has 1 saturated carbocycles. The molecule has 31 heavy (non-hydrogen) atoms. The van der Waals surface area contributed by atoms with Gasteiger partial charge in [0.2, 0.25) is 0 Å². The third-order valence-electron chi connectivity index (χ3n) is 5.41. The van der Waals surface area contributed by atoms with E-state index in [4.69, 9.17) is 9.47 Å². The summed E-state index contributed by atoms with van der Waals surface area (Å²) in [5.41, 5.74) is 0.108. The summed E-state index contributed by atoms with van der Waals surface area (Å²) in [7, 11) is 0. The number of carbonyl (C=O) groups excluding carboxylic acids is 1. The summed E-state index contributed by atoms with van der Waals surface area (Å²) in [4.78, 5) is 13.2. The third-order valence-corrected chi connectivity index (χ3v) is 10.5. The highest BCUT2D eigenvalue weighted by atomic mass is 80.0. The van der Waals surface area contributed by atoms with Gasteiger partial charge >= 0.3 is 11.8 Å². The van der Waals surface area contributed by atoms with Crippen LogP contribution < -0.4 is 4.74 Å². The lowest BCUT2D eigenvalue weighted by Gasteiger charge is -2.28. The summed E-state index contributed by atoms with van der Waals surface area (Å²) >= 11 is 17.6. The van der Waals surface area contributed by atoms with Crippen LogP contribution in [-0.2, 0) is 15.3 Å². The highest BCUT2D eigenvalue weighted by molar-refractivity contribution is 9.40. The molecule has 2 unspecified atom stereocenters. The molecule has 0 bridgehead atoms. The van der Waals surface area contributed by atoms with Gasteiger partial charge in [0.05, 0.1) is 16.3 Å². The van der Waals surface area contributed by atoms with Crippen LogP contribution in [0.5, 0.6) is 5.75 Å². The van der Waals surface area contributed by atoms with Gasteiger partial charge in [-0.1, -0.05) is 124 Å². The number of benzene rings is 2. The lowest BCUT2D eigenvalue weighted by Crippen LogP contribution is -2.38. The van der Waals surface area contributed by atoms with E-state index in [2.05, 4.69) is 85.7 Å². The van der Waals surface area contributed by atoms with Crippen LogP contribution in [-0.4, -0.2) is 12.9 Å². The van der Waals surface area contributed by atoms with Crippen molar-refractivity contribution in [2.75, 3.05) is 0 Å². The van der Waals surface area contributed by atoms with Gasteiger partial charge in [-0.3, -0.25) is 4.79 Å². The number of nitrogens with zero attached hydrogens (tertiary/aromatic N) is 1. The molecular weight excluding hydrogens is 726 g/mol. The van der Waals surface area contributed by atoms with Crippen molar-refractivity contribution in [2.24, 2.45) is 17.3 Å². The zero-order valence-corrected chi connectivity index (χ0v) is 24.4. The molecule has 0 heterocycles. The second-order valence-corrected chi connectivity index (χ2v) is 16.7. The van der Waals surface area contributed by atoms with E-state index >= 15 is 0 Å². The Balaban J connectivity index is 1.93. The number of hydrogen-bond donors (Lipinski definition) is 0. The first-order valence-corrected chi connectivity index (χ1v) is 13.4. The highest BCUT2D eigenvalue weighted by Gasteiger charge is 2.68. The van der Waals surface area contributed by atoms with E-state index in [0.29, 0.717) is 11.3 Å². The molecule has 0 amide bonds. The van der Waals surface area contributed by atoms with Crippen LogP contribution in [0, 0.1) is 28.6 Å². The number of esters is 1. The molecule has 9 heteroatoms. The van der Waals surface area contributed by atoms with Crippen molar-refractivity contribution in [3.05, 3.63) is 64.6 Å². The molecule has 164 valence electrons. The minimum atomic E-state index is -1.91. The smallest absolute Gasteiger partial charge is 0.372 e. The van der Waals surface area contributed by atoms with Crippen molar-refractivity contribution in [3.8, 4) is 11.8 Å².